The summed E-state index contributed by atoms with van der Waals surface area (Å²) in [4.78, 5) is 0.326. The molecule has 0 aliphatic carbocycles. The normalized spacial score (nSPS) is 12.7. The van der Waals surface area contributed by atoms with E-state index >= 15 is 0 Å². The Kier molecular flexibility index (Phi) is 4.42. The zero-order valence-corrected chi connectivity index (χ0v) is 14.7. The first-order chi connectivity index (χ1) is 11.4. The molecule has 0 saturated heterocycles. The standard InChI is InChI=1S/C16H15FN2O3S2/c1-3-19-14-9-6-12(22-2)10-15(14)23-16(19)18-24(20,21)13-7-4-11(17)5-8-13/h4-10H,3H2,1-2H3. The number of halogens is 1. The van der Waals surface area contributed by atoms with Gasteiger partial charge in [-0.1, -0.05) is 11.3 Å². The summed E-state index contributed by atoms with van der Waals surface area (Å²) in [6, 6.07) is 10.2. The van der Waals surface area contributed by atoms with Gasteiger partial charge in [0.25, 0.3) is 10.0 Å². The fraction of sp³-hybridized carbons (Fsp3) is 0.188. The Morgan fingerprint density at radius 1 is 1.21 bits per heavy atom. The molecule has 2 aromatic carbocycles. The van der Waals surface area contributed by atoms with Gasteiger partial charge in [-0.3, -0.25) is 0 Å². The van der Waals surface area contributed by atoms with Gasteiger partial charge >= 0.3 is 0 Å². The lowest BCUT2D eigenvalue weighted by Gasteiger charge is -2.02. The molecule has 0 fully saturated rings. The quantitative estimate of drug-likeness (QED) is 0.713. The van der Waals surface area contributed by atoms with Crippen LogP contribution in [-0.4, -0.2) is 20.1 Å². The third-order valence-electron chi connectivity index (χ3n) is 3.52. The number of hydrogen-bond acceptors (Lipinski definition) is 4. The van der Waals surface area contributed by atoms with E-state index in [0.717, 1.165) is 22.3 Å². The maximum absolute atomic E-state index is 13.0. The average molecular weight is 366 g/mol. The highest BCUT2D eigenvalue weighted by Crippen LogP contribution is 2.23. The smallest absolute Gasteiger partial charge is 0.285 e. The Bertz CT molecular complexity index is 1050. The predicted molar refractivity (Wildman–Crippen MR) is 91.2 cm³/mol. The van der Waals surface area contributed by atoms with Crippen molar-refractivity contribution in [1.82, 2.24) is 4.57 Å². The van der Waals surface area contributed by atoms with Crippen molar-refractivity contribution < 1.29 is 17.5 Å². The summed E-state index contributed by atoms with van der Waals surface area (Å²) >= 11 is 1.27. The number of ether oxygens (including phenoxy) is 1. The number of methoxy groups -OCH3 is 1. The number of rotatable bonds is 4. The molecule has 5 nitrogen and oxygen atoms in total. The van der Waals surface area contributed by atoms with Crippen LogP contribution in [0.15, 0.2) is 51.8 Å². The second-order valence-electron chi connectivity index (χ2n) is 4.98. The van der Waals surface area contributed by atoms with E-state index in [-0.39, 0.29) is 4.90 Å². The number of benzene rings is 2. The molecule has 0 bridgehead atoms. The SMILES string of the molecule is CCn1c(=NS(=O)(=O)c2ccc(F)cc2)sc2cc(OC)ccc21. The average Bonchev–Trinajstić information content (AvgIpc) is 2.90. The molecule has 1 aromatic heterocycles. The molecule has 8 heteroatoms. The van der Waals surface area contributed by atoms with E-state index in [9.17, 15) is 12.8 Å². The molecule has 0 unspecified atom stereocenters. The summed E-state index contributed by atoms with van der Waals surface area (Å²) in [5, 5.41) is 0. The number of thiazole rings is 1. The molecule has 126 valence electrons. The van der Waals surface area contributed by atoms with Crippen LogP contribution in [0.3, 0.4) is 0 Å². The van der Waals surface area contributed by atoms with Crippen LogP contribution in [0.5, 0.6) is 5.75 Å². The molecular weight excluding hydrogens is 351 g/mol. The van der Waals surface area contributed by atoms with Gasteiger partial charge in [0.15, 0.2) is 0 Å². The van der Waals surface area contributed by atoms with Crippen LogP contribution in [0, 0.1) is 5.82 Å². The van der Waals surface area contributed by atoms with Crippen LogP contribution in [0.4, 0.5) is 4.39 Å². The van der Waals surface area contributed by atoms with E-state index in [4.69, 9.17) is 4.74 Å². The summed E-state index contributed by atoms with van der Waals surface area (Å²) in [5.41, 5.74) is 0.886. The van der Waals surface area contributed by atoms with E-state index in [1.807, 2.05) is 29.7 Å². The molecule has 1 heterocycles. The largest absolute Gasteiger partial charge is 0.497 e. The molecule has 0 radical (unpaired) electrons. The second-order valence-corrected chi connectivity index (χ2v) is 7.60. The van der Waals surface area contributed by atoms with E-state index < -0.39 is 15.8 Å². The fourth-order valence-electron chi connectivity index (χ4n) is 2.32. The van der Waals surface area contributed by atoms with Crippen molar-refractivity contribution in [2.24, 2.45) is 4.40 Å². The lowest BCUT2D eigenvalue weighted by atomic mass is 10.3. The minimum atomic E-state index is -3.91. The molecule has 24 heavy (non-hydrogen) atoms. The molecular formula is C16H15FN2O3S2. The maximum Gasteiger partial charge on any atom is 0.285 e. The Labute approximate surface area is 142 Å². The number of aryl methyl sites for hydroxylation is 1. The Balaban J connectivity index is 2.20. The van der Waals surface area contributed by atoms with Crippen molar-refractivity contribution in [3.63, 3.8) is 0 Å². The highest BCUT2D eigenvalue weighted by molar-refractivity contribution is 7.90. The minimum Gasteiger partial charge on any atom is -0.497 e. The number of hydrogen-bond donors (Lipinski definition) is 0. The number of sulfonamides is 1. The lowest BCUT2D eigenvalue weighted by Crippen LogP contribution is -2.16. The van der Waals surface area contributed by atoms with Crippen molar-refractivity contribution >= 4 is 31.6 Å². The van der Waals surface area contributed by atoms with Gasteiger partial charge in [0.1, 0.15) is 11.6 Å². The van der Waals surface area contributed by atoms with Gasteiger partial charge in [-0.15, -0.1) is 4.40 Å². The van der Waals surface area contributed by atoms with Crippen LogP contribution in [0.25, 0.3) is 10.2 Å². The molecule has 0 aliphatic heterocycles. The van der Waals surface area contributed by atoms with Gasteiger partial charge in [-0.25, -0.2) is 4.39 Å². The van der Waals surface area contributed by atoms with Crippen LogP contribution in [0.1, 0.15) is 6.92 Å². The Morgan fingerprint density at radius 2 is 1.92 bits per heavy atom. The highest BCUT2D eigenvalue weighted by atomic mass is 32.2. The Morgan fingerprint density at radius 3 is 2.54 bits per heavy atom. The molecule has 0 spiro atoms. The molecule has 0 atom stereocenters. The molecule has 3 rings (SSSR count). The zero-order chi connectivity index (χ0) is 17.3. The first-order valence-electron chi connectivity index (χ1n) is 7.18. The number of nitrogens with zero attached hydrogens (tertiary/aromatic N) is 2. The summed E-state index contributed by atoms with van der Waals surface area (Å²) in [7, 11) is -2.33. The minimum absolute atomic E-state index is 0.0402. The fourth-order valence-corrected chi connectivity index (χ4v) is 4.64. The van der Waals surface area contributed by atoms with Gasteiger partial charge in [0.05, 0.1) is 22.2 Å². The third kappa shape index (κ3) is 3.07. The van der Waals surface area contributed by atoms with Crippen molar-refractivity contribution in [1.29, 1.82) is 0 Å². The van der Waals surface area contributed by atoms with Gasteiger partial charge < -0.3 is 9.30 Å². The van der Waals surface area contributed by atoms with E-state index in [1.54, 1.807) is 7.11 Å². The van der Waals surface area contributed by atoms with Gasteiger partial charge in [0, 0.05) is 6.54 Å². The third-order valence-corrected chi connectivity index (χ3v) is 5.95. The van der Waals surface area contributed by atoms with Crippen LogP contribution in [0.2, 0.25) is 0 Å². The molecule has 0 amide bonds. The van der Waals surface area contributed by atoms with Crippen molar-refractivity contribution in [3.8, 4) is 5.75 Å². The summed E-state index contributed by atoms with van der Waals surface area (Å²) in [5.74, 6) is 0.200. The summed E-state index contributed by atoms with van der Waals surface area (Å²) in [6.07, 6.45) is 0. The zero-order valence-electron chi connectivity index (χ0n) is 13.1. The van der Waals surface area contributed by atoms with Crippen molar-refractivity contribution in [2.45, 2.75) is 18.4 Å². The topological polar surface area (TPSA) is 60.7 Å². The monoisotopic (exact) mass is 366 g/mol. The molecule has 3 aromatic rings. The van der Waals surface area contributed by atoms with E-state index in [2.05, 4.69) is 4.40 Å². The van der Waals surface area contributed by atoms with Gasteiger partial charge in [-0.05, 0) is 49.4 Å². The van der Waals surface area contributed by atoms with Gasteiger partial charge in [0.2, 0.25) is 4.80 Å². The second kappa shape index (κ2) is 6.37. The highest BCUT2D eigenvalue weighted by Gasteiger charge is 2.14. The summed E-state index contributed by atoms with van der Waals surface area (Å²) in [6.45, 7) is 2.49. The van der Waals surface area contributed by atoms with E-state index in [0.29, 0.717) is 17.1 Å². The predicted octanol–water partition coefficient (Wildman–Crippen LogP) is 3.16. The van der Waals surface area contributed by atoms with Crippen molar-refractivity contribution in [3.05, 3.63) is 53.1 Å². The van der Waals surface area contributed by atoms with Crippen LogP contribution < -0.4 is 9.54 Å². The Hall–Kier alpha value is -2.19. The van der Waals surface area contributed by atoms with Gasteiger partial charge in [-0.2, -0.15) is 8.42 Å². The first kappa shape index (κ1) is 16.7. The number of aromatic nitrogens is 1. The maximum atomic E-state index is 13.0. The van der Waals surface area contributed by atoms with Crippen molar-refractivity contribution in [2.75, 3.05) is 7.11 Å². The molecule has 0 aliphatic rings. The van der Waals surface area contributed by atoms with Crippen LogP contribution in [-0.2, 0) is 16.6 Å². The van der Waals surface area contributed by atoms with E-state index in [1.165, 1.54) is 23.5 Å². The molecule has 0 saturated carbocycles. The lowest BCUT2D eigenvalue weighted by molar-refractivity contribution is 0.415. The molecule has 0 N–H and O–H groups in total. The first-order valence-corrected chi connectivity index (χ1v) is 9.44. The summed E-state index contributed by atoms with van der Waals surface area (Å²) < 4.78 is 49.8. The number of fused-ring (bicyclic) bond motifs is 1. The van der Waals surface area contributed by atoms with Crippen LogP contribution >= 0.6 is 11.3 Å².